The molecule has 92 valence electrons. The van der Waals surface area contributed by atoms with Crippen molar-refractivity contribution in [2.45, 2.75) is 12.2 Å². The Morgan fingerprint density at radius 2 is 2.19 bits per heavy atom. The molecule has 0 fully saturated rings. The Kier molecular flexibility index (Phi) is 3.93. The van der Waals surface area contributed by atoms with E-state index in [0.717, 1.165) is 10.5 Å². The number of nitrogens with zero attached hydrogens (tertiary/aromatic N) is 3. The van der Waals surface area contributed by atoms with Gasteiger partial charge in [0.1, 0.15) is 0 Å². The minimum absolute atomic E-state index is 0.144. The van der Waals surface area contributed by atoms with Gasteiger partial charge in [-0.25, -0.2) is 0 Å². The summed E-state index contributed by atoms with van der Waals surface area (Å²) in [6.45, 7) is -0.813. The van der Waals surface area contributed by atoms with Crippen LogP contribution in [0.1, 0.15) is 11.6 Å². The molecule has 0 radical (unpaired) electrons. The molecule has 1 rings (SSSR count). The number of likely N-dealkylation sites (N-methyl/N-ethyl adjacent to an activating group) is 1. The van der Waals surface area contributed by atoms with Crippen LogP contribution in [0.3, 0.4) is 0 Å². The number of rotatable bonds is 4. The van der Waals surface area contributed by atoms with Gasteiger partial charge in [-0.3, -0.25) is 9.58 Å². The first-order valence-electron chi connectivity index (χ1n) is 4.77. The van der Waals surface area contributed by atoms with Crippen LogP contribution < -0.4 is 5.73 Å². The molecule has 0 bridgehead atoms. The van der Waals surface area contributed by atoms with Crippen LogP contribution >= 0.6 is 0 Å². The second-order valence-electron chi connectivity index (χ2n) is 3.87. The van der Waals surface area contributed by atoms with E-state index in [1.165, 1.54) is 7.05 Å². The number of aromatic nitrogens is 2. The molecule has 1 aromatic heterocycles. The molecule has 7 heteroatoms. The van der Waals surface area contributed by atoms with Gasteiger partial charge in [-0.2, -0.15) is 18.3 Å². The summed E-state index contributed by atoms with van der Waals surface area (Å²) in [4.78, 5) is 1.15. The molecular formula is C9H15F3N4. The maximum Gasteiger partial charge on any atom is 0.401 e. The lowest BCUT2D eigenvalue weighted by molar-refractivity contribution is -0.143. The molecule has 0 saturated heterocycles. The molecule has 1 aromatic rings. The highest BCUT2D eigenvalue weighted by Gasteiger charge is 2.29. The number of hydrogen-bond donors (Lipinski definition) is 1. The number of aryl methyl sites for hydroxylation is 1. The summed E-state index contributed by atoms with van der Waals surface area (Å²) < 4.78 is 37.8. The van der Waals surface area contributed by atoms with Crippen LogP contribution in [0.15, 0.2) is 12.4 Å². The largest absolute Gasteiger partial charge is 0.401 e. The van der Waals surface area contributed by atoms with E-state index in [0.29, 0.717) is 0 Å². The van der Waals surface area contributed by atoms with Crippen LogP contribution in [0, 0.1) is 0 Å². The molecule has 4 nitrogen and oxygen atoms in total. The van der Waals surface area contributed by atoms with Crippen LogP contribution in [0.5, 0.6) is 0 Å². The van der Waals surface area contributed by atoms with Gasteiger partial charge in [0.25, 0.3) is 0 Å². The monoisotopic (exact) mass is 236 g/mol. The zero-order chi connectivity index (χ0) is 12.3. The molecular weight excluding hydrogens is 221 g/mol. The Labute approximate surface area is 91.8 Å². The highest BCUT2D eigenvalue weighted by atomic mass is 19.4. The Balaban J connectivity index is 2.48. The van der Waals surface area contributed by atoms with Gasteiger partial charge in [0.05, 0.1) is 12.7 Å². The fraction of sp³-hybridized carbons (Fsp3) is 0.667. The summed E-state index contributed by atoms with van der Waals surface area (Å²) in [6.07, 6.45) is -0.929. The summed E-state index contributed by atoms with van der Waals surface area (Å²) in [5.41, 5.74) is 6.50. The van der Waals surface area contributed by atoms with Crippen molar-refractivity contribution in [2.75, 3.05) is 20.1 Å². The van der Waals surface area contributed by atoms with E-state index in [9.17, 15) is 13.2 Å². The third-order valence-electron chi connectivity index (χ3n) is 2.11. The average molecular weight is 236 g/mol. The lowest BCUT2D eigenvalue weighted by Crippen LogP contribution is -2.36. The highest BCUT2D eigenvalue weighted by molar-refractivity contribution is 5.09. The van der Waals surface area contributed by atoms with Crippen molar-refractivity contribution in [3.05, 3.63) is 18.0 Å². The maximum atomic E-state index is 12.1. The minimum atomic E-state index is -4.19. The van der Waals surface area contributed by atoms with Crippen LogP contribution in [0.4, 0.5) is 13.2 Å². The van der Waals surface area contributed by atoms with Gasteiger partial charge in [0, 0.05) is 31.4 Å². The number of hydrogen-bond acceptors (Lipinski definition) is 3. The lowest BCUT2D eigenvalue weighted by Gasteiger charge is -2.21. The standard InChI is InChI=1S/C9H15F3N4/c1-15(6-9(10,11)12)5-8(13)7-3-14-16(2)4-7/h3-4,8H,5-6,13H2,1-2H3. The minimum Gasteiger partial charge on any atom is -0.323 e. The lowest BCUT2D eigenvalue weighted by atomic mass is 10.1. The third kappa shape index (κ3) is 4.19. The summed E-state index contributed by atoms with van der Waals surface area (Å²) >= 11 is 0. The third-order valence-corrected chi connectivity index (χ3v) is 2.11. The van der Waals surface area contributed by atoms with Crippen molar-refractivity contribution in [3.63, 3.8) is 0 Å². The van der Waals surface area contributed by atoms with Gasteiger partial charge < -0.3 is 5.73 Å². The topological polar surface area (TPSA) is 47.1 Å². The zero-order valence-corrected chi connectivity index (χ0v) is 9.20. The van der Waals surface area contributed by atoms with Crippen LogP contribution in [0.25, 0.3) is 0 Å². The predicted octanol–water partition coefficient (Wildman–Crippen LogP) is 0.914. The normalized spacial score (nSPS) is 14.4. The molecule has 0 aliphatic rings. The molecule has 1 atom stereocenters. The summed E-state index contributed by atoms with van der Waals surface area (Å²) in [6, 6.07) is -0.457. The first-order valence-corrected chi connectivity index (χ1v) is 4.77. The van der Waals surface area contributed by atoms with E-state index in [-0.39, 0.29) is 6.54 Å². The van der Waals surface area contributed by atoms with Gasteiger partial charge in [-0.05, 0) is 7.05 Å². The molecule has 16 heavy (non-hydrogen) atoms. The fourth-order valence-electron chi connectivity index (χ4n) is 1.44. The van der Waals surface area contributed by atoms with Crippen molar-refractivity contribution in [1.82, 2.24) is 14.7 Å². The first kappa shape index (κ1) is 13.0. The molecule has 0 aliphatic carbocycles. The number of nitrogens with two attached hydrogens (primary N) is 1. The summed E-state index contributed by atoms with van der Waals surface area (Å²) in [5, 5.41) is 3.92. The maximum absolute atomic E-state index is 12.1. The Hall–Kier alpha value is -1.08. The van der Waals surface area contributed by atoms with E-state index in [4.69, 9.17) is 5.73 Å². The van der Waals surface area contributed by atoms with E-state index in [2.05, 4.69) is 5.10 Å². The smallest absolute Gasteiger partial charge is 0.323 e. The van der Waals surface area contributed by atoms with Crippen molar-refractivity contribution in [2.24, 2.45) is 12.8 Å². The van der Waals surface area contributed by atoms with Gasteiger partial charge >= 0.3 is 6.18 Å². The Morgan fingerprint density at radius 1 is 1.56 bits per heavy atom. The van der Waals surface area contributed by atoms with Gasteiger partial charge in [0.15, 0.2) is 0 Å². The van der Waals surface area contributed by atoms with Gasteiger partial charge in [-0.15, -0.1) is 0 Å². The molecule has 1 heterocycles. The molecule has 0 spiro atoms. The van der Waals surface area contributed by atoms with Crippen molar-refractivity contribution < 1.29 is 13.2 Å². The number of halogens is 3. The predicted molar refractivity (Wildman–Crippen MR) is 53.7 cm³/mol. The molecule has 0 amide bonds. The fourth-order valence-corrected chi connectivity index (χ4v) is 1.44. The number of alkyl halides is 3. The van der Waals surface area contributed by atoms with Crippen LogP contribution in [-0.2, 0) is 7.05 Å². The van der Waals surface area contributed by atoms with E-state index in [1.54, 1.807) is 24.1 Å². The molecule has 0 aromatic carbocycles. The van der Waals surface area contributed by atoms with Gasteiger partial charge in [-0.1, -0.05) is 0 Å². The second kappa shape index (κ2) is 4.84. The van der Waals surface area contributed by atoms with E-state index in [1.807, 2.05) is 0 Å². The zero-order valence-electron chi connectivity index (χ0n) is 9.20. The Bertz CT molecular complexity index is 334. The van der Waals surface area contributed by atoms with Gasteiger partial charge in [0.2, 0.25) is 0 Å². The quantitative estimate of drug-likeness (QED) is 0.845. The van der Waals surface area contributed by atoms with E-state index < -0.39 is 18.8 Å². The summed E-state index contributed by atoms with van der Waals surface area (Å²) in [5.74, 6) is 0. The molecule has 2 N–H and O–H groups in total. The Morgan fingerprint density at radius 3 is 2.62 bits per heavy atom. The second-order valence-corrected chi connectivity index (χ2v) is 3.87. The average Bonchev–Trinajstić information content (AvgIpc) is 2.47. The van der Waals surface area contributed by atoms with Crippen molar-refractivity contribution in [3.8, 4) is 0 Å². The molecule has 0 saturated carbocycles. The van der Waals surface area contributed by atoms with Crippen LogP contribution in [-0.4, -0.2) is 41.0 Å². The van der Waals surface area contributed by atoms with Crippen LogP contribution in [0.2, 0.25) is 0 Å². The van der Waals surface area contributed by atoms with Crippen molar-refractivity contribution >= 4 is 0 Å². The molecule has 1 unspecified atom stereocenters. The summed E-state index contributed by atoms with van der Waals surface area (Å²) in [7, 11) is 3.12. The van der Waals surface area contributed by atoms with Crippen molar-refractivity contribution in [1.29, 1.82) is 0 Å². The first-order chi connectivity index (χ1) is 7.28. The van der Waals surface area contributed by atoms with E-state index >= 15 is 0 Å². The SMILES string of the molecule is CN(CC(N)c1cnn(C)c1)CC(F)(F)F. The highest BCUT2D eigenvalue weighted by Crippen LogP contribution is 2.17. The molecule has 0 aliphatic heterocycles.